The van der Waals surface area contributed by atoms with Crippen LogP contribution in [0.5, 0.6) is 0 Å². The molecule has 0 saturated heterocycles. The van der Waals surface area contributed by atoms with Gasteiger partial charge in [0.2, 0.25) is 5.91 Å². The molecule has 21 heavy (non-hydrogen) atoms. The normalized spacial score (nSPS) is 14.2. The van der Waals surface area contributed by atoms with Crippen LogP contribution in [-0.4, -0.2) is 15.5 Å². The first-order valence-electron chi connectivity index (χ1n) is 6.83. The molecule has 1 heterocycles. The van der Waals surface area contributed by atoms with Crippen LogP contribution in [0.25, 0.3) is 0 Å². The van der Waals surface area contributed by atoms with Crippen LogP contribution in [-0.2, 0) is 5.41 Å². The number of imidazole rings is 1. The zero-order chi connectivity index (χ0) is 15.6. The minimum Gasteiger partial charge on any atom is -0.276 e. The predicted octanol–water partition coefficient (Wildman–Crippen LogP) is 4.83. The van der Waals surface area contributed by atoms with Crippen LogP contribution in [0.2, 0.25) is 10.0 Å². The Balaban J connectivity index is 2.53. The minimum atomic E-state index is -0.726. The largest absolute Gasteiger partial charge is 0.276 e. The van der Waals surface area contributed by atoms with Gasteiger partial charge in [0, 0.05) is 22.4 Å². The SMILES string of the molecule is CC(C)CC(C)(C(=O)n1ccnc1)c1ccc(Cl)cc1Cl. The lowest BCUT2D eigenvalue weighted by Crippen LogP contribution is -2.38. The summed E-state index contributed by atoms with van der Waals surface area (Å²) in [4.78, 5) is 16.9. The number of hydrogen-bond acceptors (Lipinski definition) is 2. The van der Waals surface area contributed by atoms with Crippen molar-refractivity contribution in [3.05, 3.63) is 52.5 Å². The fourth-order valence-electron chi connectivity index (χ4n) is 2.73. The maximum Gasteiger partial charge on any atom is 0.242 e. The Hall–Kier alpha value is -1.32. The second kappa shape index (κ2) is 6.20. The molecule has 0 radical (unpaired) electrons. The third kappa shape index (κ3) is 3.30. The van der Waals surface area contributed by atoms with E-state index in [1.165, 1.54) is 10.9 Å². The lowest BCUT2D eigenvalue weighted by atomic mass is 9.75. The first-order valence-corrected chi connectivity index (χ1v) is 7.58. The van der Waals surface area contributed by atoms with Gasteiger partial charge >= 0.3 is 0 Å². The van der Waals surface area contributed by atoms with Crippen molar-refractivity contribution in [3.8, 4) is 0 Å². The molecule has 3 nitrogen and oxygen atoms in total. The Morgan fingerprint density at radius 2 is 2.10 bits per heavy atom. The van der Waals surface area contributed by atoms with E-state index < -0.39 is 5.41 Å². The van der Waals surface area contributed by atoms with Gasteiger partial charge in [0.25, 0.3) is 0 Å². The highest BCUT2D eigenvalue weighted by atomic mass is 35.5. The summed E-state index contributed by atoms with van der Waals surface area (Å²) in [6.07, 6.45) is 5.46. The smallest absolute Gasteiger partial charge is 0.242 e. The Bertz CT molecular complexity index is 638. The Kier molecular flexibility index (Phi) is 4.74. The molecule has 1 atom stereocenters. The fourth-order valence-corrected chi connectivity index (χ4v) is 3.35. The van der Waals surface area contributed by atoms with E-state index in [-0.39, 0.29) is 5.91 Å². The van der Waals surface area contributed by atoms with Gasteiger partial charge in [-0.25, -0.2) is 4.98 Å². The molecule has 0 spiro atoms. The monoisotopic (exact) mass is 324 g/mol. The number of benzene rings is 1. The summed E-state index contributed by atoms with van der Waals surface area (Å²) in [5.74, 6) is 0.298. The second-order valence-electron chi connectivity index (χ2n) is 5.83. The highest BCUT2D eigenvalue weighted by Crippen LogP contribution is 2.38. The second-order valence-corrected chi connectivity index (χ2v) is 6.67. The van der Waals surface area contributed by atoms with Crippen molar-refractivity contribution < 1.29 is 4.79 Å². The Morgan fingerprint density at radius 1 is 1.38 bits per heavy atom. The van der Waals surface area contributed by atoms with Crippen LogP contribution >= 0.6 is 23.2 Å². The molecule has 0 aliphatic rings. The van der Waals surface area contributed by atoms with Crippen molar-refractivity contribution in [1.82, 2.24) is 9.55 Å². The molecule has 5 heteroatoms. The molecule has 1 unspecified atom stereocenters. The summed E-state index contributed by atoms with van der Waals surface area (Å²) in [6, 6.07) is 5.28. The van der Waals surface area contributed by atoms with Crippen LogP contribution in [0, 0.1) is 5.92 Å². The average molecular weight is 325 g/mol. The maximum absolute atomic E-state index is 12.9. The first-order chi connectivity index (χ1) is 9.84. The van der Waals surface area contributed by atoms with Gasteiger partial charge in [-0.05, 0) is 37.0 Å². The molecular formula is C16H18Cl2N2O. The molecule has 0 fully saturated rings. The molecule has 2 rings (SSSR count). The van der Waals surface area contributed by atoms with Crippen LogP contribution < -0.4 is 0 Å². The van der Waals surface area contributed by atoms with Crippen LogP contribution in [0.15, 0.2) is 36.9 Å². The van der Waals surface area contributed by atoms with Crippen molar-refractivity contribution in [2.24, 2.45) is 5.92 Å². The van der Waals surface area contributed by atoms with Crippen LogP contribution in [0.4, 0.5) is 0 Å². The number of nitrogens with zero attached hydrogens (tertiary/aromatic N) is 2. The third-order valence-electron chi connectivity index (χ3n) is 3.55. The lowest BCUT2D eigenvalue weighted by molar-refractivity contribution is 0.0786. The van der Waals surface area contributed by atoms with Crippen LogP contribution in [0.1, 0.15) is 37.6 Å². The maximum atomic E-state index is 12.9. The van der Waals surface area contributed by atoms with E-state index in [2.05, 4.69) is 18.8 Å². The van der Waals surface area contributed by atoms with Crippen LogP contribution in [0.3, 0.4) is 0 Å². The van der Waals surface area contributed by atoms with Gasteiger partial charge in [0.05, 0.1) is 5.41 Å². The summed E-state index contributed by atoms with van der Waals surface area (Å²) in [5.41, 5.74) is 0.0669. The number of aromatic nitrogens is 2. The van der Waals surface area contributed by atoms with Gasteiger partial charge in [-0.3, -0.25) is 9.36 Å². The number of halogens is 2. The molecular weight excluding hydrogens is 307 g/mol. The molecule has 0 N–H and O–H groups in total. The predicted molar refractivity (Wildman–Crippen MR) is 86.1 cm³/mol. The Morgan fingerprint density at radius 3 is 2.62 bits per heavy atom. The van der Waals surface area contributed by atoms with E-state index in [0.717, 1.165) is 5.56 Å². The van der Waals surface area contributed by atoms with Gasteiger partial charge in [-0.1, -0.05) is 43.1 Å². The van der Waals surface area contributed by atoms with Crippen molar-refractivity contribution in [2.45, 2.75) is 32.6 Å². The van der Waals surface area contributed by atoms with Crippen molar-refractivity contribution in [2.75, 3.05) is 0 Å². The summed E-state index contributed by atoms with van der Waals surface area (Å²) < 4.78 is 1.51. The zero-order valence-electron chi connectivity index (χ0n) is 12.3. The molecule has 0 amide bonds. The zero-order valence-corrected chi connectivity index (χ0v) is 13.8. The molecule has 0 aliphatic carbocycles. The molecule has 0 bridgehead atoms. The quantitative estimate of drug-likeness (QED) is 0.806. The number of carbonyl (C=O) groups is 1. The Labute approximate surface area is 134 Å². The van der Waals surface area contributed by atoms with Gasteiger partial charge in [-0.15, -0.1) is 0 Å². The molecule has 0 saturated carbocycles. The number of hydrogen-bond donors (Lipinski definition) is 0. The number of carbonyl (C=O) groups excluding carboxylic acids is 1. The molecule has 0 aliphatic heterocycles. The van der Waals surface area contributed by atoms with Gasteiger partial charge < -0.3 is 0 Å². The van der Waals surface area contributed by atoms with E-state index in [9.17, 15) is 4.79 Å². The summed E-state index contributed by atoms with van der Waals surface area (Å²) in [5, 5.41) is 1.07. The van der Waals surface area contributed by atoms with Crippen molar-refractivity contribution in [1.29, 1.82) is 0 Å². The fraction of sp³-hybridized carbons (Fsp3) is 0.375. The van der Waals surface area contributed by atoms with Gasteiger partial charge in [0.1, 0.15) is 6.33 Å². The summed E-state index contributed by atoms with van der Waals surface area (Å²) in [6.45, 7) is 6.09. The third-order valence-corrected chi connectivity index (χ3v) is 4.10. The first kappa shape index (κ1) is 16.1. The van der Waals surface area contributed by atoms with Gasteiger partial charge in [0.15, 0.2) is 0 Å². The standard InChI is InChI=1S/C16H18Cl2N2O/c1-11(2)9-16(3,15(21)20-7-6-19-10-20)13-5-4-12(17)8-14(13)18/h4-8,10-11H,9H2,1-3H3. The van der Waals surface area contributed by atoms with E-state index in [1.807, 2.05) is 13.0 Å². The minimum absolute atomic E-state index is 0.0436. The van der Waals surface area contributed by atoms with Crippen molar-refractivity contribution in [3.63, 3.8) is 0 Å². The number of rotatable bonds is 4. The summed E-state index contributed by atoms with van der Waals surface area (Å²) in [7, 11) is 0. The molecule has 1 aromatic heterocycles. The molecule has 112 valence electrons. The van der Waals surface area contributed by atoms with Gasteiger partial charge in [-0.2, -0.15) is 0 Å². The highest BCUT2D eigenvalue weighted by molar-refractivity contribution is 6.35. The molecule has 2 aromatic rings. The topological polar surface area (TPSA) is 34.9 Å². The molecule has 1 aromatic carbocycles. The van der Waals surface area contributed by atoms with E-state index in [1.54, 1.807) is 24.5 Å². The average Bonchev–Trinajstić information content (AvgIpc) is 2.90. The van der Waals surface area contributed by atoms with E-state index >= 15 is 0 Å². The van der Waals surface area contributed by atoms with Crippen molar-refractivity contribution >= 4 is 29.1 Å². The van der Waals surface area contributed by atoms with E-state index in [0.29, 0.717) is 22.4 Å². The van der Waals surface area contributed by atoms with E-state index in [4.69, 9.17) is 23.2 Å². The highest BCUT2D eigenvalue weighted by Gasteiger charge is 2.38. The lowest BCUT2D eigenvalue weighted by Gasteiger charge is -2.31. The summed E-state index contributed by atoms with van der Waals surface area (Å²) >= 11 is 12.3.